The van der Waals surface area contributed by atoms with Crippen LogP contribution in [0.15, 0.2) is 90.2 Å². The van der Waals surface area contributed by atoms with Gasteiger partial charge in [-0.3, -0.25) is 0 Å². The van der Waals surface area contributed by atoms with Gasteiger partial charge in [-0.05, 0) is 30.7 Å². The van der Waals surface area contributed by atoms with Crippen LogP contribution in [0.1, 0.15) is 13.8 Å². The van der Waals surface area contributed by atoms with Crippen molar-refractivity contribution < 1.29 is 0 Å². The fourth-order valence-electron chi connectivity index (χ4n) is 3.83. The third-order valence-electron chi connectivity index (χ3n) is 5.10. The molecule has 0 N–H and O–H groups in total. The maximum Gasteiger partial charge on any atom is 0.0622 e. The lowest BCUT2D eigenvalue weighted by atomic mass is 9.66. The van der Waals surface area contributed by atoms with E-state index in [0.29, 0.717) is 12.0 Å². The Balaban J connectivity index is 1.93. The van der Waals surface area contributed by atoms with E-state index in [9.17, 15) is 0 Å². The first-order valence-electron chi connectivity index (χ1n) is 7.97. The summed E-state index contributed by atoms with van der Waals surface area (Å²) in [6, 6.07) is 11.1. The van der Waals surface area contributed by atoms with Crippen LogP contribution in [0.25, 0.3) is 0 Å². The van der Waals surface area contributed by atoms with E-state index in [4.69, 9.17) is 0 Å². The van der Waals surface area contributed by atoms with Crippen molar-refractivity contribution in [2.24, 2.45) is 11.3 Å². The molecule has 3 unspecified atom stereocenters. The highest BCUT2D eigenvalue weighted by Gasteiger charge is 2.45. The predicted molar refractivity (Wildman–Crippen MR) is 93.6 cm³/mol. The fraction of sp³-hybridized carbons (Fsp3) is 0.238. The molecule has 1 aromatic rings. The minimum Gasteiger partial charge on any atom is -0.334 e. The molecule has 0 saturated heterocycles. The first-order valence-corrected chi connectivity index (χ1v) is 7.97. The van der Waals surface area contributed by atoms with Crippen LogP contribution in [0.2, 0.25) is 0 Å². The molecule has 1 aliphatic heterocycles. The molecule has 110 valence electrons. The van der Waals surface area contributed by atoms with Gasteiger partial charge in [-0.15, -0.1) is 0 Å². The van der Waals surface area contributed by atoms with Gasteiger partial charge in [0.2, 0.25) is 0 Å². The van der Waals surface area contributed by atoms with Gasteiger partial charge < -0.3 is 4.90 Å². The zero-order valence-electron chi connectivity index (χ0n) is 13.1. The zero-order chi connectivity index (χ0) is 15.2. The molecule has 3 atom stereocenters. The van der Waals surface area contributed by atoms with Crippen molar-refractivity contribution in [2.75, 3.05) is 4.90 Å². The van der Waals surface area contributed by atoms with Crippen molar-refractivity contribution >= 4 is 5.69 Å². The third-order valence-corrected chi connectivity index (χ3v) is 5.10. The van der Waals surface area contributed by atoms with E-state index in [2.05, 4.69) is 97.7 Å². The molecule has 4 rings (SSSR count). The Morgan fingerprint density at radius 3 is 2.68 bits per heavy atom. The van der Waals surface area contributed by atoms with Crippen molar-refractivity contribution in [3.05, 3.63) is 90.2 Å². The zero-order valence-corrected chi connectivity index (χ0v) is 13.1. The maximum atomic E-state index is 2.48. The van der Waals surface area contributed by atoms with E-state index >= 15 is 0 Å². The van der Waals surface area contributed by atoms with Crippen LogP contribution in [0, 0.1) is 11.3 Å². The van der Waals surface area contributed by atoms with Crippen molar-refractivity contribution in [3.8, 4) is 0 Å². The smallest absolute Gasteiger partial charge is 0.0622 e. The van der Waals surface area contributed by atoms with Crippen LogP contribution in [0.4, 0.5) is 5.69 Å². The van der Waals surface area contributed by atoms with E-state index in [1.165, 1.54) is 17.0 Å². The standard InChI is InChI=1S/C21H21N/c1-16-11-12-17-15-19(14-16)22(18-8-4-3-5-9-18)20-10-6-7-13-21(17,20)2/h3-15,17,20H,1-2H3. The summed E-state index contributed by atoms with van der Waals surface area (Å²) in [5.74, 6) is 0.433. The van der Waals surface area contributed by atoms with Crippen LogP contribution in [0.3, 0.4) is 0 Å². The quantitative estimate of drug-likeness (QED) is 0.700. The number of benzene rings is 1. The molecule has 22 heavy (non-hydrogen) atoms. The number of fused-ring (bicyclic) bond motifs is 3. The van der Waals surface area contributed by atoms with Gasteiger partial charge in [0.05, 0.1) is 6.04 Å². The van der Waals surface area contributed by atoms with E-state index in [-0.39, 0.29) is 5.41 Å². The van der Waals surface area contributed by atoms with Gasteiger partial charge in [0.1, 0.15) is 0 Å². The minimum absolute atomic E-state index is 0.0864. The molecule has 3 aliphatic rings. The maximum absolute atomic E-state index is 2.48. The fourth-order valence-corrected chi connectivity index (χ4v) is 3.83. The summed E-state index contributed by atoms with van der Waals surface area (Å²) in [5.41, 5.74) is 3.96. The van der Waals surface area contributed by atoms with Gasteiger partial charge in [-0.25, -0.2) is 0 Å². The largest absolute Gasteiger partial charge is 0.334 e. The lowest BCUT2D eigenvalue weighted by molar-refractivity contribution is 0.296. The molecule has 0 saturated carbocycles. The topological polar surface area (TPSA) is 3.24 Å². The Morgan fingerprint density at radius 2 is 1.86 bits per heavy atom. The van der Waals surface area contributed by atoms with Crippen molar-refractivity contribution in [1.82, 2.24) is 0 Å². The molecule has 0 fully saturated rings. The molecule has 1 nitrogen and oxygen atoms in total. The average molecular weight is 287 g/mol. The summed E-state index contributed by atoms with van der Waals surface area (Å²) < 4.78 is 0. The Bertz CT molecular complexity index is 732. The normalized spacial score (nSPS) is 32.2. The molecule has 0 radical (unpaired) electrons. The highest BCUT2D eigenvalue weighted by Crippen LogP contribution is 2.48. The molecule has 0 aromatic heterocycles. The first-order chi connectivity index (χ1) is 10.7. The molecular weight excluding hydrogens is 266 g/mol. The van der Waals surface area contributed by atoms with Crippen LogP contribution in [-0.2, 0) is 0 Å². The highest BCUT2D eigenvalue weighted by atomic mass is 15.2. The number of hydrogen-bond acceptors (Lipinski definition) is 1. The highest BCUT2D eigenvalue weighted by molar-refractivity contribution is 5.62. The lowest BCUT2D eigenvalue weighted by Crippen LogP contribution is -2.51. The molecule has 2 bridgehead atoms. The van der Waals surface area contributed by atoms with Gasteiger partial charge in [0.25, 0.3) is 0 Å². The second kappa shape index (κ2) is 4.88. The minimum atomic E-state index is 0.0864. The van der Waals surface area contributed by atoms with Crippen molar-refractivity contribution in [1.29, 1.82) is 0 Å². The summed E-state index contributed by atoms with van der Waals surface area (Å²) in [6.45, 7) is 4.55. The van der Waals surface area contributed by atoms with Crippen LogP contribution >= 0.6 is 0 Å². The van der Waals surface area contributed by atoms with E-state index in [1.54, 1.807) is 0 Å². The van der Waals surface area contributed by atoms with Crippen LogP contribution in [0.5, 0.6) is 0 Å². The first kappa shape index (κ1) is 13.4. The van der Waals surface area contributed by atoms with Gasteiger partial charge in [0, 0.05) is 22.7 Å². The van der Waals surface area contributed by atoms with Gasteiger partial charge in [0.15, 0.2) is 0 Å². The van der Waals surface area contributed by atoms with Gasteiger partial charge in [-0.2, -0.15) is 0 Å². The molecule has 0 spiro atoms. The Kier molecular flexibility index (Phi) is 2.97. The van der Waals surface area contributed by atoms with Crippen molar-refractivity contribution in [3.63, 3.8) is 0 Å². The van der Waals surface area contributed by atoms with E-state index in [0.717, 1.165) is 0 Å². The SMILES string of the molecule is CC1=CC2=CC(C=C1)C1(C)C=CC=CC1N2c1ccccc1. The third kappa shape index (κ3) is 1.93. The van der Waals surface area contributed by atoms with Crippen LogP contribution in [-0.4, -0.2) is 6.04 Å². The number of allylic oxidation sites excluding steroid dienone is 7. The lowest BCUT2D eigenvalue weighted by Gasteiger charge is -2.50. The summed E-state index contributed by atoms with van der Waals surface area (Å²) >= 11 is 0. The molecular formula is C21H21N. The second-order valence-corrected chi connectivity index (χ2v) is 6.63. The molecule has 2 aliphatic carbocycles. The second-order valence-electron chi connectivity index (χ2n) is 6.63. The summed E-state index contributed by atoms with van der Waals surface area (Å²) in [5, 5.41) is 0. The predicted octanol–water partition coefficient (Wildman–Crippen LogP) is 5.02. The Morgan fingerprint density at radius 1 is 1.05 bits per heavy atom. The van der Waals surface area contributed by atoms with E-state index < -0.39 is 0 Å². The number of anilines is 1. The van der Waals surface area contributed by atoms with Crippen LogP contribution < -0.4 is 4.90 Å². The number of nitrogens with zero attached hydrogens (tertiary/aromatic N) is 1. The molecule has 1 aromatic carbocycles. The summed E-state index contributed by atoms with van der Waals surface area (Å²) in [6.07, 6.45) is 18.4. The number of rotatable bonds is 1. The van der Waals surface area contributed by atoms with Crippen molar-refractivity contribution in [2.45, 2.75) is 19.9 Å². The van der Waals surface area contributed by atoms with E-state index in [1.807, 2.05) is 0 Å². The average Bonchev–Trinajstić information content (AvgIpc) is 2.71. The molecule has 1 heterocycles. The molecule has 1 heteroatoms. The summed E-state index contributed by atoms with van der Waals surface area (Å²) in [4.78, 5) is 2.48. The number of hydrogen-bond donors (Lipinski definition) is 0. The molecule has 0 amide bonds. The Labute approximate surface area is 132 Å². The van der Waals surface area contributed by atoms with Gasteiger partial charge >= 0.3 is 0 Å². The monoisotopic (exact) mass is 287 g/mol. The number of para-hydroxylation sites is 1. The summed E-state index contributed by atoms with van der Waals surface area (Å²) in [7, 11) is 0. The van der Waals surface area contributed by atoms with Gasteiger partial charge in [-0.1, -0.05) is 67.7 Å². The Hall–Kier alpha value is -2.28.